The van der Waals surface area contributed by atoms with Crippen molar-refractivity contribution in [1.29, 1.82) is 0 Å². The summed E-state index contributed by atoms with van der Waals surface area (Å²) in [7, 11) is 4.09. The van der Waals surface area contributed by atoms with E-state index in [1.165, 1.54) is 0 Å². The topological polar surface area (TPSA) is 60.8 Å². The first-order valence-corrected chi connectivity index (χ1v) is 9.62. The predicted molar refractivity (Wildman–Crippen MR) is 103 cm³/mol. The van der Waals surface area contributed by atoms with E-state index < -0.39 is 0 Å². The summed E-state index contributed by atoms with van der Waals surface area (Å²) in [6.07, 6.45) is 3.21. The first-order chi connectivity index (χ1) is 13.2. The van der Waals surface area contributed by atoms with Crippen LogP contribution in [0.1, 0.15) is 12.0 Å². The zero-order chi connectivity index (χ0) is 18.6. The molecule has 1 aromatic heterocycles. The Morgan fingerprint density at radius 2 is 2.00 bits per heavy atom. The smallest absolute Gasteiger partial charge is 0.161 e. The molecule has 146 valence electrons. The molecule has 4 rings (SSSR count). The summed E-state index contributed by atoms with van der Waals surface area (Å²) in [5.74, 6) is 1.61. The Morgan fingerprint density at radius 1 is 1.15 bits per heavy atom. The number of benzene rings is 1. The van der Waals surface area contributed by atoms with Crippen LogP contribution >= 0.6 is 0 Å². The number of nitrogens with zero attached hydrogens (tertiary/aromatic N) is 3. The standard InChI is InChI=1S/C20H28N4O3/c1-23-6-9-25-17(14-23)12-21-11-16-13-24(2)22-20(16)15-4-5-18-19(10-15)27-8-3-7-26-18/h4-5,10,13,17,21H,3,6-9,11-12,14H2,1-2H3/t17-/m1/s1. The van der Waals surface area contributed by atoms with Crippen LogP contribution in [0.25, 0.3) is 11.3 Å². The van der Waals surface area contributed by atoms with Crippen molar-refractivity contribution in [3.8, 4) is 22.8 Å². The molecule has 7 heteroatoms. The van der Waals surface area contributed by atoms with E-state index in [-0.39, 0.29) is 6.10 Å². The first kappa shape index (κ1) is 18.3. The molecule has 2 aliphatic heterocycles. The Labute approximate surface area is 160 Å². The number of morpholine rings is 1. The largest absolute Gasteiger partial charge is 0.490 e. The lowest BCUT2D eigenvalue weighted by molar-refractivity contribution is -0.0182. The molecule has 1 atom stereocenters. The highest BCUT2D eigenvalue weighted by Crippen LogP contribution is 2.34. The normalized spacial score (nSPS) is 20.4. The lowest BCUT2D eigenvalue weighted by Crippen LogP contribution is -2.44. The molecule has 0 radical (unpaired) electrons. The van der Waals surface area contributed by atoms with Crippen LogP contribution in [0.2, 0.25) is 0 Å². The van der Waals surface area contributed by atoms with E-state index in [2.05, 4.69) is 34.6 Å². The Morgan fingerprint density at radius 3 is 2.85 bits per heavy atom. The van der Waals surface area contributed by atoms with Crippen molar-refractivity contribution in [2.24, 2.45) is 7.05 Å². The molecule has 2 aromatic rings. The van der Waals surface area contributed by atoms with Crippen LogP contribution in [0.3, 0.4) is 0 Å². The molecule has 0 aliphatic carbocycles. The van der Waals surface area contributed by atoms with E-state index >= 15 is 0 Å². The van der Waals surface area contributed by atoms with Gasteiger partial charge in [-0.3, -0.25) is 4.68 Å². The molecule has 1 saturated heterocycles. The van der Waals surface area contributed by atoms with Gasteiger partial charge < -0.3 is 24.4 Å². The predicted octanol–water partition coefficient (Wildman–Crippen LogP) is 1.67. The average molecular weight is 372 g/mol. The van der Waals surface area contributed by atoms with Crippen LogP contribution in [-0.2, 0) is 18.3 Å². The number of hydrogen-bond acceptors (Lipinski definition) is 6. The van der Waals surface area contributed by atoms with Crippen molar-refractivity contribution in [3.05, 3.63) is 30.0 Å². The minimum absolute atomic E-state index is 0.238. The highest BCUT2D eigenvalue weighted by atomic mass is 16.5. The third kappa shape index (κ3) is 4.43. The van der Waals surface area contributed by atoms with Crippen LogP contribution in [-0.4, -0.2) is 67.3 Å². The third-order valence-corrected chi connectivity index (χ3v) is 4.95. The van der Waals surface area contributed by atoms with E-state index in [1.807, 2.05) is 23.9 Å². The van der Waals surface area contributed by atoms with E-state index in [1.54, 1.807) is 0 Å². The summed E-state index contributed by atoms with van der Waals surface area (Å²) in [6.45, 7) is 5.74. The SMILES string of the molecule is CN1CCO[C@H](CNCc2cn(C)nc2-c2ccc3c(c2)OCCCO3)C1. The van der Waals surface area contributed by atoms with Crippen LogP contribution in [0, 0.1) is 0 Å². The molecule has 0 bridgehead atoms. The van der Waals surface area contributed by atoms with Gasteiger partial charge in [0.05, 0.1) is 31.6 Å². The van der Waals surface area contributed by atoms with Gasteiger partial charge in [-0.15, -0.1) is 0 Å². The molecule has 1 N–H and O–H groups in total. The number of ether oxygens (including phenoxy) is 3. The zero-order valence-electron chi connectivity index (χ0n) is 16.1. The summed E-state index contributed by atoms with van der Waals surface area (Å²) < 4.78 is 19.3. The molecule has 0 unspecified atom stereocenters. The van der Waals surface area contributed by atoms with Crippen molar-refractivity contribution in [2.45, 2.75) is 19.1 Å². The van der Waals surface area contributed by atoms with Crippen LogP contribution in [0.4, 0.5) is 0 Å². The van der Waals surface area contributed by atoms with Crippen molar-refractivity contribution in [1.82, 2.24) is 20.0 Å². The first-order valence-electron chi connectivity index (χ1n) is 9.62. The summed E-state index contributed by atoms with van der Waals surface area (Å²) in [5.41, 5.74) is 3.18. The number of aromatic nitrogens is 2. The fourth-order valence-electron chi connectivity index (χ4n) is 3.58. The summed E-state index contributed by atoms with van der Waals surface area (Å²) in [5, 5.41) is 8.20. The van der Waals surface area contributed by atoms with Crippen molar-refractivity contribution < 1.29 is 14.2 Å². The van der Waals surface area contributed by atoms with Crippen LogP contribution in [0.5, 0.6) is 11.5 Å². The Hall–Kier alpha value is -2.09. The van der Waals surface area contributed by atoms with Gasteiger partial charge in [-0.25, -0.2) is 0 Å². The number of aryl methyl sites for hydroxylation is 1. The maximum Gasteiger partial charge on any atom is 0.161 e. The molecule has 0 saturated carbocycles. The van der Waals surface area contributed by atoms with Crippen LogP contribution in [0.15, 0.2) is 24.4 Å². The lowest BCUT2D eigenvalue weighted by atomic mass is 10.1. The fourth-order valence-corrected chi connectivity index (χ4v) is 3.58. The Kier molecular flexibility index (Phi) is 5.61. The van der Waals surface area contributed by atoms with Gasteiger partial charge in [0.1, 0.15) is 0 Å². The Bertz CT molecular complexity index is 777. The second kappa shape index (κ2) is 8.29. The van der Waals surface area contributed by atoms with Gasteiger partial charge in [-0.2, -0.15) is 5.10 Å². The van der Waals surface area contributed by atoms with Gasteiger partial charge in [0.25, 0.3) is 0 Å². The minimum atomic E-state index is 0.238. The van der Waals surface area contributed by atoms with Crippen molar-refractivity contribution in [3.63, 3.8) is 0 Å². The highest BCUT2D eigenvalue weighted by Gasteiger charge is 2.18. The number of rotatable bonds is 5. The van der Waals surface area contributed by atoms with Crippen molar-refractivity contribution in [2.75, 3.05) is 46.5 Å². The molecule has 3 heterocycles. The molecule has 2 aliphatic rings. The highest BCUT2D eigenvalue weighted by molar-refractivity contribution is 5.66. The zero-order valence-corrected chi connectivity index (χ0v) is 16.1. The molecular weight excluding hydrogens is 344 g/mol. The fraction of sp³-hybridized carbons (Fsp3) is 0.550. The summed E-state index contributed by atoms with van der Waals surface area (Å²) in [4.78, 5) is 2.31. The number of hydrogen-bond donors (Lipinski definition) is 1. The van der Waals surface area contributed by atoms with E-state index in [9.17, 15) is 0 Å². The van der Waals surface area contributed by atoms with Gasteiger partial charge in [0.15, 0.2) is 11.5 Å². The van der Waals surface area contributed by atoms with Gasteiger partial charge in [0, 0.05) is 57.0 Å². The van der Waals surface area contributed by atoms with Crippen molar-refractivity contribution >= 4 is 0 Å². The molecule has 1 aromatic carbocycles. The summed E-state index contributed by atoms with van der Waals surface area (Å²) >= 11 is 0. The second-order valence-corrected chi connectivity index (χ2v) is 7.27. The van der Waals surface area contributed by atoms with Gasteiger partial charge in [0.2, 0.25) is 0 Å². The average Bonchev–Trinajstić information content (AvgIpc) is 2.88. The number of likely N-dealkylation sites (N-methyl/N-ethyl adjacent to an activating group) is 1. The quantitative estimate of drug-likeness (QED) is 0.862. The molecule has 1 fully saturated rings. The van der Waals surface area contributed by atoms with Gasteiger partial charge in [-0.05, 0) is 25.2 Å². The molecule has 0 spiro atoms. The van der Waals surface area contributed by atoms with Crippen LogP contribution < -0.4 is 14.8 Å². The van der Waals surface area contributed by atoms with Gasteiger partial charge >= 0.3 is 0 Å². The molecule has 0 amide bonds. The molecular formula is C20H28N4O3. The van der Waals surface area contributed by atoms with Gasteiger partial charge in [-0.1, -0.05) is 0 Å². The number of fused-ring (bicyclic) bond motifs is 1. The lowest BCUT2D eigenvalue weighted by Gasteiger charge is -2.30. The van der Waals surface area contributed by atoms with E-state index in [4.69, 9.17) is 14.2 Å². The maximum absolute atomic E-state index is 5.83. The molecule has 7 nitrogen and oxygen atoms in total. The number of nitrogens with one attached hydrogen (secondary N) is 1. The monoisotopic (exact) mass is 372 g/mol. The maximum atomic E-state index is 5.83. The second-order valence-electron chi connectivity index (χ2n) is 7.27. The third-order valence-electron chi connectivity index (χ3n) is 4.95. The van der Waals surface area contributed by atoms with E-state index in [0.717, 1.165) is 67.5 Å². The molecule has 27 heavy (non-hydrogen) atoms. The Balaban J connectivity index is 1.45. The van der Waals surface area contributed by atoms with E-state index in [0.29, 0.717) is 13.2 Å². The summed E-state index contributed by atoms with van der Waals surface area (Å²) in [6, 6.07) is 6.07. The minimum Gasteiger partial charge on any atom is -0.490 e.